The Morgan fingerprint density at radius 3 is 2.50 bits per heavy atom. The first-order chi connectivity index (χ1) is 19.0. The Labute approximate surface area is 235 Å². The number of nitrogens with one attached hydrogen (secondary N) is 1. The molecule has 0 saturated heterocycles. The number of likely N-dealkylation sites (N-methyl/N-ethyl adjacent to an activating group) is 1. The molecule has 9 nitrogen and oxygen atoms in total. The number of fused-ring (bicyclic) bond motifs is 1. The molecule has 11 heteroatoms. The highest BCUT2D eigenvalue weighted by molar-refractivity contribution is 7.89. The average molecular weight is 576 g/mol. The van der Waals surface area contributed by atoms with E-state index in [0.717, 1.165) is 48.5 Å². The number of halogens is 1. The smallest absolute Gasteiger partial charge is 0.258 e. The third-order valence-corrected chi connectivity index (χ3v) is 9.70. The number of ether oxygens (including phenoxy) is 1. The largest absolute Gasteiger partial charge is 0.488 e. The van der Waals surface area contributed by atoms with Gasteiger partial charge in [0.25, 0.3) is 5.91 Å². The number of hydrogen-bond donors (Lipinski definition) is 2. The maximum atomic E-state index is 13.7. The zero-order valence-electron chi connectivity index (χ0n) is 23.2. The topological polar surface area (TPSA) is 116 Å². The van der Waals surface area contributed by atoms with Crippen molar-refractivity contribution in [2.75, 3.05) is 32.1 Å². The minimum Gasteiger partial charge on any atom is -0.488 e. The van der Waals surface area contributed by atoms with Crippen molar-refractivity contribution in [3.05, 3.63) is 53.8 Å². The average Bonchev–Trinajstić information content (AvgIpc) is 2.95. The molecule has 2 aromatic rings. The van der Waals surface area contributed by atoms with Gasteiger partial charge in [-0.3, -0.25) is 9.59 Å². The molecule has 1 aliphatic carbocycles. The Balaban J connectivity index is 1.62. The molecule has 0 aromatic heterocycles. The Hall–Kier alpha value is -3.02. The lowest BCUT2D eigenvalue weighted by Gasteiger charge is -2.38. The number of amides is 2. The standard InChI is InChI=1S/C29H38FN3O6S/c1-19-16-33(20(2)18-34)29(36)25-15-23(31-28(35)21-7-5-4-6-8-21)11-14-26(25)39-27(19)17-32(3)40(37,38)24-12-9-22(30)10-13-24/h9-15,19-21,27,34H,4-8,16-18H2,1-3H3,(H,31,35)/t19-,20+,27+/m1/s1. The van der Waals surface area contributed by atoms with E-state index in [1.54, 1.807) is 30.0 Å². The lowest BCUT2D eigenvalue weighted by molar-refractivity contribution is -0.120. The van der Waals surface area contributed by atoms with Crippen LogP contribution in [-0.2, 0) is 14.8 Å². The van der Waals surface area contributed by atoms with E-state index in [-0.39, 0.29) is 59.6 Å². The van der Waals surface area contributed by atoms with Crippen molar-refractivity contribution in [1.82, 2.24) is 9.21 Å². The molecular weight excluding hydrogens is 537 g/mol. The van der Waals surface area contributed by atoms with E-state index in [1.165, 1.54) is 19.2 Å². The first kappa shape index (κ1) is 30.0. The van der Waals surface area contributed by atoms with Crippen molar-refractivity contribution in [2.24, 2.45) is 11.8 Å². The first-order valence-corrected chi connectivity index (χ1v) is 15.2. The van der Waals surface area contributed by atoms with Gasteiger partial charge in [-0.1, -0.05) is 26.2 Å². The normalized spacial score (nSPS) is 21.2. The molecule has 2 amide bonds. The zero-order chi connectivity index (χ0) is 29.0. The number of rotatable bonds is 8. The van der Waals surface area contributed by atoms with Crippen molar-refractivity contribution in [1.29, 1.82) is 0 Å². The van der Waals surface area contributed by atoms with Crippen LogP contribution >= 0.6 is 0 Å². The van der Waals surface area contributed by atoms with Crippen LogP contribution in [0.5, 0.6) is 5.75 Å². The second kappa shape index (κ2) is 12.7. The fraction of sp³-hybridized carbons (Fsp3) is 0.517. The van der Waals surface area contributed by atoms with Gasteiger partial charge >= 0.3 is 0 Å². The minimum absolute atomic E-state index is 0.0317. The summed E-state index contributed by atoms with van der Waals surface area (Å²) in [6, 6.07) is 8.99. The molecule has 1 aliphatic heterocycles. The number of aliphatic hydroxyl groups excluding tert-OH is 1. The van der Waals surface area contributed by atoms with Gasteiger partial charge < -0.3 is 20.1 Å². The summed E-state index contributed by atoms with van der Waals surface area (Å²) in [6.45, 7) is 3.53. The third kappa shape index (κ3) is 6.64. The number of sulfonamides is 1. The van der Waals surface area contributed by atoms with Crippen LogP contribution < -0.4 is 10.1 Å². The second-order valence-electron chi connectivity index (χ2n) is 10.9. The van der Waals surface area contributed by atoms with Crippen LogP contribution in [-0.4, -0.2) is 73.4 Å². The van der Waals surface area contributed by atoms with E-state index in [9.17, 15) is 27.5 Å². The van der Waals surface area contributed by atoms with Gasteiger partial charge in [-0.25, -0.2) is 12.8 Å². The highest BCUT2D eigenvalue weighted by Gasteiger charge is 2.35. The van der Waals surface area contributed by atoms with Crippen LogP contribution in [0.1, 0.15) is 56.3 Å². The van der Waals surface area contributed by atoms with Gasteiger partial charge in [0, 0.05) is 31.1 Å². The monoisotopic (exact) mass is 575 g/mol. The van der Waals surface area contributed by atoms with Crippen LogP contribution in [0.2, 0.25) is 0 Å². The predicted octanol–water partition coefficient (Wildman–Crippen LogP) is 3.89. The number of nitrogens with zero attached hydrogens (tertiary/aromatic N) is 2. The van der Waals surface area contributed by atoms with Gasteiger partial charge in [0.05, 0.1) is 29.7 Å². The van der Waals surface area contributed by atoms with E-state index < -0.39 is 28.0 Å². The molecule has 0 radical (unpaired) electrons. The molecule has 2 aromatic carbocycles. The SMILES string of the molecule is C[C@@H]1CN([C@@H](C)CO)C(=O)c2cc(NC(=O)C3CCCCC3)ccc2O[C@H]1CN(C)S(=O)(=O)c1ccc(F)cc1. The van der Waals surface area contributed by atoms with Crippen molar-refractivity contribution < 1.29 is 32.2 Å². The molecule has 1 fully saturated rings. The second-order valence-corrected chi connectivity index (χ2v) is 12.9. The van der Waals surface area contributed by atoms with Gasteiger partial charge in [0.2, 0.25) is 15.9 Å². The van der Waals surface area contributed by atoms with Crippen molar-refractivity contribution in [3.8, 4) is 5.75 Å². The highest BCUT2D eigenvalue weighted by atomic mass is 32.2. The number of anilines is 1. The Bertz CT molecular complexity index is 1310. The van der Waals surface area contributed by atoms with Crippen LogP contribution in [0.25, 0.3) is 0 Å². The summed E-state index contributed by atoms with van der Waals surface area (Å²) in [5, 5.41) is 12.8. The van der Waals surface area contributed by atoms with Crippen LogP contribution in [0.15, 0.2) is 47.4 Å². The molecule has 3 atom stereocenters. The number of aliphatic hydroxyl groups is 1. The fourth-order valence-corrected chi connectivity index (χ4v) is 6.45. The maximum Gasteiger partial charge on any atom is 0.258 e. The van der Waals surface area contributed by atoms with E-state index in [4.69, 9.17) is 4.74 Å². The molecule has 0 bridgehead atoms. The summed E-state index contributed by atoms with van der Waals surface area (Å²) < 4.78 is 47.2. The van der Waals surface area contributed by atoms with Crippen LogP contribution in [0.3, 0.4) is 0 Å². The van der Waals surface area contributed by atoms with E-state index >= 15 is 0 Å². The summed E-state index contributed by atoms with van der Waals surface area (Å²) in [5.74, 6) is -1.05. The lowest BCUT2D eigenvalue weighted by Crippen LogP contribution is -2.50. The molecule has 4 rings (SSSR count). The van der Waals surface area contributed by atoms with Crippen LogP contribution in [0, 0.1) is 17.7 Å². The van der Waals surface area contributed by atoms with E-state index in [2.05, 4.69) is 5.32 Å². The van der Waals surface area contributed by atoms with Gasteiger partial charge in [-0.05, 0) is 62.2 Å². The quantitative estimate of drug-likeness (QED) is 0.494. The first-order valence-electron chi connectivity index (χ1n) is 13.8. The molecule has 40 heavy (non-hydrogen) atoms. The Morgan fingerprint density at radius 1 is 1.18 bits per heavy atom. The fourth-order valence-electron chi connectivity index (χ4n) is 5.27. The molecule has 2 aliphatic rings. The lowest BCUT2D eigenvalue weighted by atomic mass is 9.88. The molecular formula is C29H38FN3O6S. The molecule has 1 saturated carbocycles. The highest BCUT2D eigenvalue weighted by Crippen LogP contribution is 2.32. The van der Waals surface area contributed by atoms with Crippen molar-refractivity contribution in [2.45, 2.75) is 63.0 Å². The summed E-state index contributed by atoms with van der Waals surface area (Å²) in [6.07, 6.45) is 4.21. The molecule has 2 N–H and O–H groups in total. The van der Waals surface area contributed by atoms with Crippen LogP contribution in [0.4, 0.5) is 10.1 Å². The number of hydrogen-bond acceptors (Lipinski definition) is 6. The number of benzene rings is 2. The summed E-state index contributed by atoms with van der Waals surface area (Å²) in [4.78, 5) is 28.0. The van der Waals surface area contributed by atoms with Crippen molar-refractivity contribution >= 4 is 27.5 Å². The van der Waals surface area contributed by atoms with Gasteiger partial charge in [0.15, 0.2) is 0 Å². The summed E-state index contributed by atoms with van der Waals surface area (Å²) in [5.41, 5.74) is 0.701. The van der Waals surface area contributed by atoms with E-state index in [1.807, 2.05) is 6.92 Å². The molecule has 0 unspecified atom stereocenters. The summed E-state index contributed by atoms with van der Waals surface area (Å²) >= 11 is 0. The van der Waals surface area contributed by atoms with Gasteiger partial charge in [0.1, 0.15) is 17.7 Å². The minimum atomic E-state index is -3.93. The van der Waals surface area contributed by atoms with E-state index in [0.29, 0.717) is 5.69 Å². The number of carbonyl (C=O) groups excluding carboxylic acids is 2. The molecule has 0 spiro atoms. The Morgan fingerprint density at radius 2 is 1.85 bits per heavy atom. The predicted molar refractivity (Wildman–Crippen MR) is 149 cm³/mol. The Kier molecular flexibility index (Phi) is 9.48. The maximum absolute atomic E-state index is 13.7. The van der Waals surface area contributed by atoms with Gasteiger partial charge in [-0.15, -0.1) is 0 Å². The third-order valence-electron chi connectivity index (χ3n) is 7.87. The molecule has 218 valence electrons. The molecule has 1 heterocycles. The van der Waals surface area contributed by atoms with Gasteiger partial charge in [-0.2, -0.15) is 4.31 Å². The summed E-state index contributed by atoms with van der Waals surface area (Å²) in [7, 11) is -2.51. The number of carbonyl (C=O) groups is 2. The van der Waals surface area contributed by atoms with Crippen molar-refractivity contribution in [3.63, 3.8) is 0 Å². The zero-order valence-corrected chi connectivity index (χ0v) is 24.0.